The van der Waals surface area contributed by atoms with Crippen LogP contribution in [0.5, 0.6) is 5.75 Å². The molecule has 0 bridgehead atoms. The minimum Gasteiger partial charge on any atom is -0.506 e. The fourth-order valence-electron chi connectivity index (χ4n) is 3.48. The molecule has 0 spiro atoms. The molecule has 140 valence electrons. The van der Waals surface area contributed by atoms with Crippen LogP contribution in [0.2, 0.25) is 5.02 Å². The molecule has 1 atom stereocenters. The molecular weight excluding hydrogens is 391 g/mol. The van der Waals surface area contributed by atoms with E-state index >= 15 is 0 Å². The third kappa shape index (κ3) is 3.00. The number of benzene rings is 1. The second kappa shape index (κ2) is 6.65. The van der Waals surface area contributed by atoms with Gasteiger partial charge in [0.1, 0.15) is 16.1 Å². The topological polar surface area (TPSA) is 82.2 Å². The number of rotatable bonds is 2. The molecule has 0 saturated carbocycles. The van der Waals surface area contributed by atoms with Crippen LogP contribution in [-0.2, 0) is 12.8 Å². The SMILES string of the molecule is C[C@H]1CCc2c(sc3[nH]c(=O)c(C(=O)Nc4cccc(Cl)c4F)c(O)c23)C1. The first-order chi connectivity index (χ1) is 12.9. The Bertz CT molecular complexity index is 1140. The smallest absolute Gasteiger partial charge is 0.265 e. The first kappa shape index (κ1) is 18.0. The number of carbonyl (C=O) groups is 1. The van der Waals surface area contributed by atoms with Gasteiger partial charge in [0.05, 0.1) is 16.1 Å². The molecule has 0 radical (unpaired) electrons. The molecule has 2 heterocycles. The lowest BCUT2D eigenvalue weighted by atomic mass is 9.89. The van der Waals surface area contributed by atoms with E-state index in [2.05, 4.69) is 17.2 Å². The number of hydrogen-bond acceptors (Lipinski definition) is 4. The van der Waals surface area contributed by atoms with Gasteiger partial charge in [0.15, 0.2) is 5.82 Å². The number of H-pyrrole nitrogens is 1. The number of aromatic hydroxyl groups is 1. The molecule has 1 aliphatic rings. The number of anilines is 1. The number of carbonyl (C=O) groups excluding carboxylic acids is 1. The third-order valence-corrected chi connectivity index (χ3v) is 6.33. The van der Waals surface area contributed by atoms with Crippen LogP contribution in [0.25, 0.3) is 10.2 Å². The highest BCUT2D eigenvalue weighted by molar-refractivity contribution is 7.18. The van der Waals surface area contributed by atoms with Crippen molar-refractivity contribution in [2.24, 2.45) is 5.92 Å². The van der Waals surface area contributed by atoms with Gasteiger partial charge >= 0.3 is 0 Å². The zero-order valence-corrected chi connectivity index (χ0v) is 15.9. The second-order valence-electron chi connectivity index (χ2n) is 6.79. The Labute approximate surface area is 162 Å². The van der Waals surface area contributed by atoms with Crippen LogP contribution >= 0.6 is 22.9 Å². The molecule has 3 N–H and O–H groups in total. The standard InChI is InChI=1S/C19H16ClFN2O3S/c1-8-5-6-9-12(7-8)27-19-13(9)16(24)14(18(26)23-19)17(25)22-11-4-2-3-10(20)15(11)21/h2-4,8H,5-7H2,1H3,(H,22,25)(H2,23,24,26)/t8-/m0/s1. The highest BCUT2D eigenvalue weighted by atomic mass is 35.5. The summed E-state index contributed by atoms with van der Waals surface area (Å²) in [6.07, 6.45) is 2.64. The average Bonchev–Trinajstić information content (AvgIpc) is 2.96. The molecule has 8 heteroatoms. The maximum atomic E-state index is 14.1. The van der Waals surface area contributed by atoms with E-state index in [9.17, 15) is 19.1 Å². The van der Waals surface area contributed by atoms with Gasteiger partial charge in [0.25, 0.3) is 11.5 Å². The average molecular weight is 407 g/mol. The molecule has 0 unspecified atom stereocenters. The number of aryl methyl sites for hydroxylation is 1. The summed E-state index contributed by atoms with van der Waals surface area (Å²) in [5, 5.41) is 13.4. The molecule has 1 aromatic carbocycles. The predicted octanol–water partition coefficient (Wildman–Crippen LogP) is 4.46. The quantitative estimate of drug-likeness (QED) is 0.587. The van der Waals surface area contributed by atoms with Crippen LogP contribution in [0.3, 0.4) is 0 Å². The van der Waals surface area contributed by atoms with Gasteiger partial charge in [0, 0.05) is 4.88 Å². The van der Waals surface area contributed by atoms with E-state index < -0.39 is 22.8 Å². The second-order valence-corrected chi connectivity index (χ2v) is 8.30. The van der Waals surface area contributed by atoms with Crippen molar-refractivity contribution < 1.29 is 14.3 Å². The molecule has 0 saturated heterocycles. The number of thiophene rings is 1. The van der Waals surface area contributed by atoms with E-state index in [1.54, 1.807) is 0 Å². The summed E-state index contributed by atoms with van der Waals surface area (Å²) >= 11 is 7.15. The molecule has 2 aromatic heterocycles. The van der Waals surface area contributed by atoms with E-state index in [0.29, 0.717) is 16.1 Å². The minimum absolute atomic E-state index is 0.151. The van der Waals surface area contributed by atoms with Crippen LogP contribution in [-0.4, -0.2) is 16.0 Å². The van der Waals surface area contributed by atoms with Gasteiger partial charge in [-0.15, -0.1) is 11.3 Å². The van der Waals surface area contributed by atoms with E-state index in [1.165, 1.54) is 29.5 Å². The summed E-state index contributed by atoms with van der Waals surface area (Å²) in [4.78, 5) is 29.4. The third-order valence-electron chi connectivity index (χ3n) is 4.87. The van der Waals surface area contributed by atoms with Gasteiger partial charge in [-0.2, -0.15) is 0 Å². The van der Waals surface area contributed by atoms with Crippen molar-refractivity contribution in [1.29, 1.82) is 0 Å². The number of pyridine rings is 1. The summed E-state index contributed by atoms with van der Waals surface area (Å²) in [5.74, 6) is -1.51. The van der Waals surface area contributed by atoms with Crippen LogP contribution in [0.15, 0.2) is 23.0 Å². The van der Waals surface area contributed by atoms with E-state index in [0.717, 1.165) is 29.7 Å². The number of hydrogen-bond donors (Lipinski definition) is 3. The normalized spacial score (nSPS) is 16.3. The summed E-state index contributed by atoms with van der Waals surface area (Å²) in [7, 11) is 0. The number of aromatic nitrogens is 1. The lowest BCUT2D eigenvalue weighted by molar-refractivity contribution is 0.102. The number of aromatic amines is 1. The first-order valence-electron chi connectivity index (χ1n) is 8.51. The molecule has 1 aliphatic carbocycles. The van der Waals surface area contributed by atoms with Crippen molar-refractivity contribution in [3.05, 3.63) is 55.4 Å². The largest absolute Gasteiger partial charge is 0.506 e. The highest BCUT2D eigenvalue weighted by Crippen LogP contribution is 2.41. The molecule has 0 fully saturated rings. The maximum Gasteiger partial charge on any atom is 0.265 e. The number of fused-ring (bicyclic) bond motifs is 3. The van der Waals surface area contributed by atoms with Gasteiger partial charge in [0.2, 0.25) is 0 Å². The molecule has 3 aromatic rings. The van der Waals surface area contributed by atoms with Crippen LogP contribution in [0.4, 0.5) is 10.1 Å². The molecule has 0 aliphatic heterocycles. The lowest BCUT2D eigenvalue weighted by Gasteiger charge is -2.18. The Hall–Kier alpha value is -2.38. The van der Waals surface area contributed by atoms with Gasteiger partial charge in [-0.3, -0.25) is 9.59 Å². The maximum absolute atomic E-state index is 14.1. The van der Waals surface area contributed by atoms with Gasteiger partial charge in [-0.25, -0.2) is 4.39 Å². The van der Waals surface area contributed by atoms with Crippen molar-refractivity contribution in [2.75, 3.05) is 5.32 Å². The number of halogens is 2. The van der Waals surface area contributed by atoms with E-state index in [4.69, 9.17) is 11.6 Å². The fraction of sp³-hybridized carbons (Fsp3) is 0.263. The van der Waals surface area contributed by atoms with Crippen molar-refractivity contribution in [3.8, 4) is 5.75 Å². The molecular formula is C19H16ClFN2O3S. The fourth-order valence-corrected chi connectivity index (χ4v) is 5.07. The summed E-state index contributed by atoms with van der Waals surface area (Å²) in [6.45, 7) is 2.16. The Balaban J connectivity index is 1.81. The van der Waals surface area contributed by atoms with Crippen LogP contribution < -0.4 is 10.9 Å². The Morgan fingerprint density at radius 1 is 1.44 bits per heavy atom. The molecule has 1 amide bonds. The molecule has 27 heavy (non-hydrogen) atoms. The van der Waals surface area contributed by atoms with Gasteiger partial charge in [-0.05, 0) is 42.9 Å². The van der Waals surface area contributed by atoms with Crippen LogP contribution in [0.1, 0.15) is 34.1 Å². The summed E-state index contributed by atoms with van der Waals surface area (Å²) in [5.41, 5.74) is -0.329. The highest BCUT2D eigenvalue weighted by Gasteiger charge is 2.27. The van der Waals surface area contributed by atoms with Gasteiger partial charge < -0.3 is 15.4 Å². The number of amides is 1. The zero-order chi connectivity index (χ0) is 19.3. The van der Waals surface area contributed by atoms with Crippen LogP contribution in [0, 0.1) is 11.7 Å². The Kier molecular flexibility index (Phi) is 4.44. The first-order valence-corrected chi connectivity index (χ1v) is 9.71. The number of nitrogens with one attached hydrogen (secondary N) is 2. The predicted molar refractivity (Wildman–Crippen MR) is 105 cm³/mol. The lowest BCUT2D eigenvalue weighted by Crippen LogP contribution is -2.23. The Morgan fingerprint density at radius 2 is 2.22 bits per heavy atom. The van der Waals surface area contributed by atoms with E-state index in [1.807, 2.05) is 0 Å². The van der Waals surface area contributed by atoms with Crippen molar-refractivity contribution in [2.45, 2.75) is 26.2 Å². The monoisotopic (exact) mass is 406 g/mol. The van der Waals surface area contributed by atoms with E-state index in [-0.39, 0.29) is 16.5 Å². The zero-order valence-electron chi connectivity index (χ0n) is 14.4. The molecule has 4 rings (SSSR count). The summed E-state index contributed by atoms with van der Waals surface area (Å²) < 4.78 is 14.1. The minimum atomic E-state index is -0.888. The van der Waals surface area contributed by atoms with Crippen molar-refractivity contribution in [3.63, 3.8) is 0 Å². The summed E-state index contributed by atoms with van der Waals surface area (Å²) in [6, 6.07) is 4.16. The Morgan fingerprint density at radius 3 is 3.00 bits per heavy atom. The van der Waals surface area contributed by atoms with Crippen molar-refractivity contribution >= 4 is 44.7 Å². The van der Waals surface area contributed by atoms with Gasteiger partial charge in [-0.1, -0.05) is 24.6 Å². The van der Waals surface area contributed by atoms with Crippen molar-refractivity contribution in [1.82, 2.24) is 4.98 Å². The molecule has 5 nitrogen and oxygen atoms in total.